The average molecular weight is 1050 g/mol. The molecule has 0 radical (unpaired) electrons. The van der Waals surface area contributed by atoms with Gasteiger partial charge in [-0.15, -0.1) is 0 Å². The summed E-state index contributed by atoms with van der Waals surface area (Å²) >= 11 is 0. The first kappa shape index (κ1) is 73.1. The molecule has 0 saturated heterocycles. The van der Waals surface area contributed by atoms with Crippen molar-refractivity contribution < 1.29 is 24.5 Å². The van der Waals surface area contributed by atoms with E-state index in [-0.39, 0.29) is 18.5 Å². The van der Waals surface area contributed by atoms with Gasteiger partial charge in [-0.25, -0.2) is 0 Å². The maximum Gasteiger partial charge on any atom is 0.305 e. The van der Waals surface area contributed by atoms with Crippen LogP contribution in [0.1, 0.15) is 367 Å². The largest absolute Gasteiger partial charge is 0.466 e. The van der Waals surface area contributed by atoms with Crippen LogP contribution in [0, 0.1) is 0 Å². The van der Waals surface area contributed by atoms with Crippen molar-refractivity contribution in [3.63, 3.8) is 0 Å². The number of hydrogen-bond donors (Lipinski definition) is 3. The van der Waals surface area contributed by atoms with Gasteiger partial charge < -0.3 is 20.3 Å². The van der Waals surface area contributed by atoms with Crippen LogP contribution < -0.4 is 5.32 Å². The minimum atomic E-state index is -0.838. The fraction of sp³-hybridized carbons (Fsp3) is 0.884. The molecule has 0 aliphatic carbocycles. The second kappa shape index (κ2) is 64.6. The Morgan fingerprint density at radius 1 is 0.373 bits per heavy atom. The van der Waals surface area contributed by atoms with Gasteiger partial charge in [0.05, 0.1) is 25.4 Å². The Kier molecular flexibility index (Phi) is 63.0. The van der Waals surface area contributed by atoms with E-state index in [1.807, 2.05) is 6.08 Å². The number of aliphatic hydroxyl groups is 2. The number of carbonyl (C=O) groups excluding carboxylic acids is 2. The number of esters is 1. The van der Waals surface area contributed by atoms with Crippen LogP contribution in [-0.2, 0) is 14.3 Å². The standard InChI is InChI=1S/C69H131NO5/c1-3-5-7-9-11-13-15-39-43-47-51-55-59-63-69(74)75-64-60-56-52-48-44-41-38-36-34-32-30-28-26-24-22-20-18-16-17-19-21-23-25-27-29-31-33-35-37-40-42-46-50-54-58-62-68(73)70-66(65-71)67(72)61-57-53-49-45-14-12-10-8-6-4-2/h7,9,13,15,57,61,66-67,71-72H,3-6,8,10-12,14,16-56,58-60,62-65H2,1-2H3,(H,70,73)/b9-7-,15-13-,61-57+. The fourth-order valence-corrected chi connectivity index (χ4v) is 10.5. The van der Waals surface area contributed by atoms with Crippen molar-refractivity contribution in [2.45, 2.75) is 379 Å². The lowest BCUT2D eigenvalue weighted by Crippen LogP contribution is -2.45. The van der Waals surface area contributed by atoms with E-state index < -0.39 is 12.1 Å². The van der Waals surface area contributed by atoms with Gasteiger partial charge in [0.15, 0.2) is 0 Å². The van der Waals surface area contributed by atoms with E-state index in [9.17, 15) is 19.8 Å². The van der Waals surface area contributed by atoms with E-state index in [2.05, 4.69) is 43.5 Å². The molecule has 0 aliphatic rings. The third kappa shape index (κ3) is 61.2. The molecule has 6 nitrogen and oxygen atoms in total. The van der Waals surface area contributed by atoms with Gasteiger partial charge in [-0.2, -0.15) is 0 Å². The molecule has 2 unspecified atom stereocenters. The van der Waals surface area contributed by atoms with Crippen molar-refractivity contribution in [3.8, 4) is 0 Å². The Morgan fingerprint density at radius 2 is 0.693 bits per heavy atom. The molecule has 0 bridgehead atoms. The highest BCUT2D eigenvalue weighted by atomic mass is 16.5. The number of aliphatic hydroxyl groups excluding tert-OH is 2. The first-order valence-corrected chi connectivity index (χ1v) is 33.8. The first-order valence-electron chi connectivity index (χ1n) is 33.8. The Hall–Kier alpha value is -1.92. The molecule has 1 amide bonds. The summed E-state index contributed by atoms with van der Waals surface area (Å²) in [6, 6.07) is -0.622. The monoisotopic (exact) mass is 1050 g/mol. The smallest absolute Gasteiger partial charge is 0.305 e. The van der Waals surface area contributed by atoms with Gasteiger partial charge in [0.2, 0.25) is 5.91 Å². The molecule has 0 aromatic heterocycles. The quantitative estimate of drug-likeness (QED) is 0.0320. The highest BCUT2D eigenvalue weighted by Crippen LogP contribution is 2.19. The topological polar surface area (TPSA) is 95.9 Å². The third-order valence-electron chi connectivity index (χ3n) is 15.6. The molecule has 0 aliphatic heterocycles. The van der Waals surface area contributed by atoms with E-state index in [0.29, 0.717) is 19.4 Å². The summed E-state index contributed by atoms with van der Waals surface area (Å²) in [6.45, 7) is 4.84. The number of unbranched alkanes of at least 4 members (excludes halogenated alkanes) is 48. The summed E-state index contributed by atoms with van der Waals surface area (Å²) < 4.78 is 5.48. The molecule has 75 heavy (non-hydrogen) atoms. The van der Waals surface area contributed by atoms with Crippen molar-refractivity contribution in [1.82, 2.24) is 5.32 Å². The van der Waals surface area contributed by atoms with Crippen LogP contribution >= 0.6 is 0 Å². The third-order valence-corrected chi connectivity index (χ3v) is 15.6. The van der Waals surface area contributed by atoms with Gasteiger partial charge in [0.1, 0.15) is 0 Å². The summed E-state index contributed by atoms with van der Waals surface area (Å²) in [4.78, 5) is 24.4. The minimum Gasteiger partial charge on any atom is -0.466 e. The van der Waals surface area contributed by atoms with E-state index in [1.165, 1.54) is 289 Å². The van der Waals surface area contributed by atoms with Crippen LogP contribution in [0.3, 0.4) is 0 Å². The van der Waals surface area contributed by atoms with Crippen molar-refractivity contribution >= 4 is 11.9 Å². The highest BCUT2D eigenvalue weighted by Gasteiger charge is 2.18. The molecule has 0 spiro atoms. The Morgan fingerprint density at radius 3 is 1.07 bits per heavy atom. The van der Waals surface area contributed by atoms with E-state index >= 15 is 0 Å². The number of nitrogens with one attached hydrogen (secondary N) is 1. The zero-order valence-electron chi connectivity index (χ0n) is 50.5. The number of amides is 1. The molecule has 442 valence electrons. The molecule has 0 aromatic carbocycles. The fourth-order valence-electron chi connectivity index (χ4n) is 10.5. The van der Waals surface area contributed by atoms with E-state index in [0.717, 1.165) is 51.4 Å². The van der Waals surface area contributed by atoms with Gasteiger partial charge in [0.25, 0.3) is 0 Å². The van der Waals surface area contributed by atoms with E-state index in [1.54, 1.807) is 6.08 Å². The molecule has 2 atom stereocenters. The average Bonchev–Trinajstić information content (AvgIpc) is 3.41. The number of hydrogen-bond acceptors (Lipinski definition) is 5. The molecule has 0 fully saturated rings. The number of carbonyl (C=O) groups is 2. The van der Waals surface area contributed by atoms with Gasteiger partial charge in [-0.05, 0) is 57.8 Å². The van der Waals surface area contributed by atoms with Crippen molar-refractivity contribution in [2.75, 3.05) is 13.2 Å². The lowest BCUT2D eigenvalue weighted by atomic mass is 10.0. The molecule has 3 N–H and O–H groups in total. The van der Waals surface area contributed by atoms with Crippen LogP contribution in [0.4, 0.5) is 0 Å². The van der Waals surface area contributed by atoms with Gasteiger partial charge in [0, 0.05) is 12.8 Å². The molecular weight excluding hydrogens is 923 g/mol. The number of rotatable bonds is 63. The van der Waals surface area contributed by atoms with Crippen LogP contribution in [-0.4, -0.2) is 47.4 Å². The van der Waals surface area contributed by atoms with Crippen LogP contribution in [0.25, 0.3) is 0 Å². The predicted molar refractivity (Wildman–Crippen MR) is 329 cm³/mol. The Balaban J connectivity index is 3.29. The lowest BCUT2D eigenvalue weighted by Gasteiger charge is -2.20. The zero-order valence-corrected chi connectivity index (χ0v) is 50.5. The van der Waals surface area contributed by atoms with Crippen molar-refractivity contribution in [1.29, 1.82) is 0 Å². The highest BCUT2D eigenvalue weighted by molar-refractivity contribution is 5.76. The molecule has 6 heteroatoms. The molecule has 0 rings (SSSR count). The Bertz CT molecular complexity index is 1210. The van der Waals surface area contributed by atoms with Crippen molar-refractivity contribution in [3.05, 3.63) is 36.5 Å². The number of ether oxygens (including phenoxy) is 1. The molecule has 0 saturated carbocycles. The summed E-state index contributed by atoms with van der Waals surface area (Å²) in [5.41, 5.74) is 0. The lowest BCUT2D eigenvalue weighted by molar-refractivity contribution is -0.143. The predicted octanol–water partition coefficient (Wildman–Crippen LogP) is 21.5. The number of allylic oxidation sites excluding steroid dienone is 5. The van der Waals surface area contributed by atoms with E-state index in [4.69, 9.17) is 4.74 Å². The maximum absolute atomic E-state index is 12.4. The van der Waals surface area contributed by atoms with Crippen molar-refractivity contribution in [2.24, 2.45) is 0 Å². The maximum atomic E-state index is 12.4. The SMILES string of the molecule is CCC/C=C\C/C=C\CCCCCCCC(=O)OCCCCCCCCCCCCCCCCCCCCCCCCCCCCCCCCCCCCCC(=O)NC(CO)C(O)/C=C/CCCCCCCCCC. The van der Waals surface area contributed by atoms with Gasteiger partial charge in [-0.1, -0.05) is 333 Å². The van der Waals surface area contributed by atoms with Gasteiger partial charge in [-0.3, -0.25) is 9.59 Å². The van der Waals surface area contributed by atoms with Crippen LogP contribution in [0.2, 0.25) is 0 Å². The zero-order chi connectivity index (χ0) is 54.3. The Labute approximate surface area is 468 Å². The van der Waals surface area contributed by atoms with Crippen LogP contribution in [0.15, 0.2) is 36.5 Å². The summed E-state index contributed by atoms with van der Waals surface area (Å²) in [7, 11) is 0. The molecule has 0 aromatic rings. The molecule has 0 heterocycles. The normalized spacial score (nSPS) is 12.7. The second-order valence-electron chi connectivity index (χ2n) is 23.2. The van der Waals surface area contributed by atoms with Crippen LogP contribution in [0.5, 0.6) is 0 Å². The summed E-state index contributed by atoms with van der Waals surface area (Å²) in [5.74, 6) is -0.0566. The summed E-state index contributed by atoms with van der Waals surface area (Å²) in [6.07, 6.45) is 82.4. The molecular formula is C69H131NO5. The van der Waals surface area contributed by atoms with Gasteiger partial charge >= 0.3 is 5.97 Å². The first-order chi connectivity index (χ1) is 37.0. The minimum absolute atomic E-state index is 0.00691. The summed E-state index contributed by atoms with van der Waals surface area (Å²) in [5, 5.41) is 23.0. The second-order valence-corrected chi connectivity index (χ2v) is 23.2.